The van der Waals surface area contributed by atoms with Crippen molar-refractivity contribution in [2.45, 2.75) is 51.2 Å². The largest absolute Gasteiger partial charge is 0.368 e. The number of hydrogen-bond donors (Lipinski definition) is 1. The third-order valence-corrected chi connectivity index (χ3v) is 5.58. The van der Waals surface area contributed by atoms with Crippen molar-refractivity contribution < 1.29 is 14.3 Å². The van der Waals surface area contributed by atoms with Crippen molar-refractivity contribution in [2.75, 3.05) is 26.2 Å². The number of para-hydroxylation sites is 2. The van der Waals surface area contributed by atoms with E-state index in [0.717, 1.165) is 62.1 Å². The molecule has 1 aromatic heterocycles. The van der Waals surface area contributed by atoms with Gasteiger partial charge in [-0.1, -0.05) is 12.1 Å². The van der Waals surface area contributed by atoms with Crippen molar-refractivity contribution >= 4 is 22.8 Å². The van der Waals surface area contributed by atoms with E-state index in [1.54, 1.807) is 0 Å². The first-order valence-electron chi connectivity index (χ1n) is 10.3. The Hall–Kier alpha value is -2.41. The summed E-state index contributed by atoms with van der Waals surface area (Å²) in [6.07, 6.45) is 5.14. The highest BCUT2D eigenvalue weighted by Crippen LogP contribution is 2.18. The lowest BCUT2D eigenvalue weighted by molar-refractivity contribution is -0.131. The number of aromatic nitrogens is 2. The Morgan fingerprint density at radius 1 is 1.18 bits per heavy atom. The number of aryl methyl sites for hydroxylation is 1. The molecule has 1 atom stereocenters. The first-order valence-corrected chi connectivity index (χ1v) is 10.3. The molecule has 7 heteroatoms. The molecule has 2 aliphatic heterocycles. The van der Waals surface area contributed by atoms with E-state index in [2.05, 4.69) is 5.32 Å². The van der Waals surface area contributed by atoms with Crippen molar-refractivity contribution in [1.82, 2.24) is 19.8 Å². The van der Waals surface area contributed by atoms with E-state index in [1.165, 1.54) is 0 Å². The van der Waals surface area contributed by atoms with E-state index in [1.807, 2.05) is 33.7 Å². The zero-order valence-corrected chi connectivity index (χ0v) is 16.2. The number of fused-ring (bicyclic) bond motifs is 1. The van der Waals surface area contributed by atoms with Crippen molar-refractivity contribution in [3.8, 4) is 0 Å². The number of rotatable bonds is 7. The molecular formula is C21H28N4O3. The number of imidazole rings is 1. The van der Waals surface area contributed by atoms with Gasteiger partial charge in [-0.2, -0.15) is 0 Å². The molecule has 2 aromatic rings. The minimum Gasteiger partial charge on any atom is -0.368 e. The predicted octanol–water partition coefficient (Wildman–Crippen LogP) is 1.89. The summed E-state index contributed by atoms with van der Waals surface area (Å²) in [7, 11) is 0. The van der Waals surface area contributed by atoms with Gasteiger partial charge in [0.25, 0.3) is 0 Å². The Morgan fingerprint density at radius 2 is 2.00 bits per heavy atom. The molecule has 1 aromatic carbocycles. The number of ether oxygens (including phenoxy) is 1. The summed E-state index contributed by atoms with van der Waals surface area (Å²) < 4.78 is 7.45. The van der Waals surface area contributed by atoms with E-state index < -0.39 is 0 Å². The van der Waals surface area contributed by atoms with Crippen LogP contribution in [0.2, 0.25) is 0 Å². The first kappa shape index (κ1) is 18.9. The molecule has 0 bridgehead atoms. The van der Waals surface area contributed by atoms with Gasteiger partial charge >= 0.3 is 0 Å². The Bertz CT molecular complexity index is 835. The molecule has 150 valence electrons. The van der Waals surface area contributed by atoms with Crippen molar-refractivity contribution in [3.63, 3.8) is 0 Å². The zero-order chi connectivity index (χ0) is 19.3. The van der Waals surface area contributed by atoms with E-state index in [0.29, 0.717) is 26.1 Å². The van der Waals surface area contributed by atoms with Crippen LogP contribution in [0.1, 0.15) is 37.9 Å². The van der Waals surface area contributed by atoms with Gasteiger partial charge in [-0.25, -0.2) is 4.98 Å². The van der Waals surface area contributed by atoms with Gasteiger partial charge in [-0.05, 0) is 44.2 Å². The molecule has 0 saturated carbocycles. The van der Waals surface area contributed by atoms with Crippen LogP contribution in [0.15, 0.2) is 24.3 Å². The van der Waals surface area contributed by atoms with Gasteiger partial charge in [0, 0.05) is 32.7 Å². The molecule has 1 N–H and O–H groups in total. The summed E-state index contributed by atoms with van der Waals surface area (Å²) in [6, 6.07) is 7.94. The number of likely N-dealkylation sites (tertiary alicyclic amines) is 1. The van der Waals surface area contributed by atoms with E-state index in [-0.39, 0.29) is 17.9 Å². The van der Waals surface area contributed by atoms with Gasteiger partial charge in [0.05, 0.1) is 11.0 Å². The quantitative estimate of drug-likeness (QED) is 0.740. The molecule has 2 aliphatic rings. The molecule has 2 saturated heterocycles. The van der Waals surface area contributed by atoms with Gasteiger partial charge in [-0.15, -0.1) is 0 Å². The second-order valence-corrected chi connectivity index (χ2v) is 7.59. The Labute approximate surface area is 165 Å². The molecular weight excluding hydrogens is 356 g/mol. The lowest BCUT2D eigenvalue weighted by Gasteiger charge is -2.17. The van der Waals surface area contributed by atoms with Crippen LogP contribution in [0.4, 0.5) is 0 Å². The molecule has 0 aliphatic carbocycles. The standard InChI is InChI=1S/C21H28N4O3/c26-20(24-12-3-4-13-24)15-25-17-8-2-1-7-16(17)23-19(25)10-5-11-22-21(27)18-9-6-14-28-18/h1-2,7-8,18H,3-6,9-15H2,(H,22,27). The highest BCUT2D eigenvalue weighted by molar-refractivity contribution is 5.81. The minimum atomic E-state index is -0.289. The number of carbonyl (C=O) groups is 2. The number of nitrogens with one attached hydrogen (secondary N) is 1. The Morgan fingerprint density at radius 3 is 2.79 bits per heavy atom. The highest BCUT2D eigenvalue weighted by atomic mass is 16.5. The van der Waals surface area contributed by atoms with Crippen LogP contribution >= 0.6 is 0 Å². The number of benzene rings is 1. The fourth-order valence-electron chi connectivity index (χ4n) is 4.05. The number of hydrogen-bond acceptors (Lipinski definition) is 4. The number of nitrogens with zero attached hydrogens (tertiary/aromatic N) is 3. The average Bonchev–Trinajstić information content (AvgIpc) is 3.46. The first-order chi connectivity index (χ1) is 13.7. The molecule has 7 nitrogen and oxygen atoms in total. The summed E-state index contributed by atoms with van der Waals surface area (Å²) >= 11 is 0. The maximum Gasteiger partial charge on any atom is 0.249 e. The van der Waals surface area contributed by atoms with Gasteiger partial charge in [-0.3, -0.25) is 9.59 Å². The van der Waals surface area contributed by atoms with Crippen LogP contribution in [0.25, 0.3) is 11.0 Å². The molecule has 28 heavy (non-hydrogen) atoms. The van der Waals surface area contributed by atoms with Crippen LogP contribution in [0.5, 0.6) is 0 Å². The van der Waals surface area contributed by atoms with E-state index in [4.69, 9.17) is 9.72 Å². The number of amides is 2. The van der Waals surface area contributed by atoms with E-state index >= 15 is 0 Å². The molecule has 2 fully saturated rings. The Kier molecular flexibility index (Phi) is 5.90. The van der Waals surface area contributed by atoms with Gasteiger partial charge in [0.15, 0.2) is 0 Å². The molecule has 3 heterocycles. The van der Waals surface area contributed by atoms with Crippen molar-refractivity contribution in [1.29, 1.82) is 0 Å². The highest BCUT2D eigenvalue weighted by Gasteiger charge is 2.23. The topological polar surface area (TPSA) is 76.5 Å². The SMILES string of the molecule is O=C(NCCCc1nc2ccccc2n1CC(=O)N1CCCC1)C1CCCO1. The maximum absolute atomic E-state index is 12.7. The smallest absolute Gasteiger partial charge is 0.249 e. The average molecular weight is 384 g/mol. The van der Waals surface area contributed by atoms with Gasteiger partial charge in [0.1, 0.15) is 18.5 Å². The monoisotopic (exact) mass is 384 g/mol. The second-order valence-electron chi connectivity index (χ2n) is 7.59. The van der Waals surface area contributed by atoms with Crippen LogP contribution in [-0.2, 0) is 27.3 Å². The third kappa shape index (κ3) is 4.19. The van der Waals surface area contributed by atoms with Gasteiger partial charge in [0.2, 0.25) is 11.8 Å². The summed E-state index contributed by atoms with van der Waals surface area (Å²) in [6.45, 7) is 3.30. The summed E-state index contributed by atoms with van der Waals surface area (Å²) in [5, 5.41) is 2.96. The van der Waals surface area contributed by atoms with E-state index in [9.17, 15) is 9.59 Å². The maximum atomic E-state index is 12.7. The molecule has 0 radical (unpaired) electrons. The molecule has 1 unspecified atom stereocenters. The summed E-state index contributed by atoms with van der Waals surface area (Å²) in [5.41, 5.74) is 1.91. The third-order valence-electron chi connectivity index (χ3n) is 5.58. The van der Waals surface area contributed by atoms with Crippen molar-refractivity contribution in [2.24, 2.45) is 0 Å². The fourth-order valence-corrected chi connectivity index (χ4v) is 4.05. The van der Waals surface area contributed by atoms with Crippen LogP contribution in [0.3, 0.4) is 0 Å². The molecule has 4 rings (SSSR count). The molecule has 0 spiro atoms. The van der Waals surface area contributed by atoms with Crippen LogP contribution in [-0.4, -0.2) is 58.6 Å². The predicted molar refractivity (Wildman–Crippen MR) is 106 cm³/mol. The lowest BCUT2D eigenvalue weighted by Crippen LogP contribution is -2.35. The lowest BCUT2D eigenvalue weighted by atomic mass is 10.2. The minimum absolute atomic E-state index is 0.0183. The molecule has 2 amide bonds. The zero-order valence-electron chi connectivity index (χ0n) is 16.2. The summed E-state index contributed by atoms with van der Waals surface area (Å²) in [5.74, 6) is 1.05. The fraction of sp³-hybridized carbons (Fsp3) is 0.571. The normalized spacial score (nSPS) is 19.4. The number of carbonyl (C=O) groups excluding carboxylic acids is 2. The van der Waals surface area contributed by atoms with Crippen molar-refractivity contribution in [3.05, 3.63) is 30.1 Å². The van der Waals surface area contributed by atoms with Crippen LogP contribution < -0.4 is 5.32 Å². The van der Waals surface area contributed by atoms with Crippen LogP contribution in [0, 0.1) is 0 Å². The summed E-state index contributed by atoms with van der Waals surface area (Å²) in [4.78, 5) is 31.4. The van der Waals surface area contributed by atoms with Gasteiger partial charge < -0.3 is 19.5 Å². The second kappa shape index (κ2) is 8.73. The Balaban J connectivity index is 1.39.